The molecule has 2 aromatic rings. The second-order valence-corrected chi connectivity index (χ2v) is 5.40. The van der Waals surface area contributed by atoms with E-state index in [0.717, 1.165) is 6.42 Å². The van der Waals surface area contributed by atoms with Gasteiger partial charge in [-0.3, -0.25) is 4.99 Å². The van der Waals surface area contributed by atoms with Gasteiger partial charge in [-0.25, -0.2) is 4.39 Å². The van der Waals surface area contributed by atoms with Crippen LogP contribution in [-0.2, 0) is 12.8 Å². The van der Waals surface area contributed by atoms with Crippen molar-refractivity contribution in [3.05, 3.63) is 58.0 Å². The number of hydrogen-bond acceptors (Lipinski definition) is 2. The summed E-state index contributed by atoms with van der Waals surface area (Å²) in [6, 6.07) is 10.9. The van der Waals surface area contributed by atoms with Crippen molar-refractivity contribution in [3.8, 4) is 0 Å². The Kier molecular flexibility index (Phi) is 5.55. The molecule has 0 fully saturated rings. The first-order valence-electron chi connectivity index (χ1n) is 6.55. The molecule has 106 valence electrons. The Hall–Kier alpha value is -1.88. The highest BCUT2D eigenvalue weighted by Crippen LogP contribution is 2.08. The SMILES string of the molecule is NC(=NCCc1cccs1)NCCc1ccccc1F. The van der Waals surface area contributed by atoms with Crippen LogP contribution in [0.3, 0.4) is 0 Å². The van der Waals surface area contributed by atoms with Crippen LogP contribution in [0.4, 0.5) is 4.39 Å². The van der Waals surface area contributed by atoms with E-state index in [1.165, 1.54) is 10.9 Å². The average Bonchev–Trinajstić information content (AvgIpc) is 2.94. The lowest BCUT2D eigenvalue weighted by atomic mass is 10.1. The summed E-state index contributed by atoms with van der Waals surface area (Å²) in [5, 5.41) is 5.05. The van der Waals surface area contributed by atoms with E-state index in [4.69, 9.17) is 5.73 Å². The maximum Gasteiger partial charge on any atom is 0.188 e. The molecule has 0 aliphatic rings. The Bertz CT molecular complexity index is 552. The van der Waals surface area contributed by atoms with Crippen molar-refractivity contribution in [1.82, 2.24) is 5.32 Å². The maximum absolute atomic E-state index is 13.4. The molecule has 0 amide bonds. The monoisotopic (exact) mass is 291 g/mol. The molecule has 0 saturated heterocycles. The number of guanidine groups is 1. The van der Waals surface area contributed by atoms with Crippen LogP contribution in [0.15, 0.2) is 46.8 Å². The molecule has 2 rings (SSSR count). The molecule has 3 N–H and O–H groups in total. The summed E-state index contributed by atoms with van der Waals surface area (Å²) in [5.74, 6) is 0.236. The number of hydrogen-bond donors (Lipinski definition) is 2. The van der Waals surface area contributed by atoms with Crippen molar-refractivity contribution in [2.24, 2.45) is 10.7 Å². The number of nitrogens with two attached hydrogens (primary N) is 1. The second kappa shape index (κ2) is 7.65. The predicted octanol–water partition coefficient (Wildman–Crippen LogP) is 2.58. The van der Waals surface area contributed by atoms with Gasteiger partial charge in [0.2, 0.25) is 0 Å². The quantitative estimate of drug-likeness (QED) is 0.635. The first kappa shape index (κ1) is 14.5. The molecular weight excluding hydrogens is 273 g/mol. The zero-order chi connectivity index (χ0) is 14.2. The molecule has 1 heterocycles. The molecule has 0 aliphatic carbocycles. The van der Waals surface area contributed by atoms with Crippen LogP contribution in [0, 0.1) is 5.82 Å². The number of rotatable bonds is 6. The van der Waals surface area contributed by atoms with Gasteiger partial charge in [0.25, 0.3) is 0 Å². The van der Waals surface area contributed by atoms with E-state index in [1.807, 2.05) is 12.1 Å². The van der Waals surface area contributed by atoms with Crippen LogP contribution in [0.25, 0.3) is 0 Å². The van der Waals surface area contributed by atoms with Crippen LogP contribution in [0.2, 0.25) is 0 Å². The summed E-state index contributed by atoms with van der Waals surface area (Å²) in [4.78, 5) is 5.55. The van der Waals surface area contributed by atoms with Gasteiger partial charge in [-0.2, -0.15) is 0 Å². The number of aliphatic imine (C=N–C) groups is 1. The fourth-order valence-electron chi connectivity index (χ4n) is 1.82. The summed E-state index contributed by atoms with van der Waals surface area (Å²) in [6.45, 7) is 1.24. The minimum absolute atomic E-state index is 0.178. The highest BCUT2D eigenvalue weighted by molar-refractivity contribution is 7.09. The van der Waals surface area contributed by atoms with Gasteiger partial charge in [0.1, 0.15) is 5.82 Å². The smallest absolute Gasteiger partial charge is 0.188 e. The Morgan fingerprint density at radius 3 is 2.80 bits per heavy atom. The van der Waals surface area contributed by atoms with Gasteiger partial charge in [-0.1, -0.05) is 24.3 Å². The molecule has 0 radical (unpaired) electrons. The Morgan fingerprint density at radius 2 is 2.05 bits per heavy atom. The fourth-order valence-corrected chi connectivity index (χ4v) is 2.52. The second-order valence-electron chi connectivity index (χ2n) is 4.36. The minimum atomic E-state index is -0.178. The van der Waals surface area contributed by atoms with Crippen LogP contribution in [0.5, 0.6) is 0 Å². The van der Waals surface area contributed by atoms with E-state index < -0.39 is 0 Å². The molecule has 5 heteroatoms. The van der Waals surface area contributed by atoms with Crippen molar-refractivity contribution < 1.29 is 4.39 Å². The fraction of sp³-hybridized carbons (Fsp3) is 0.267. The van der Waals surface area contributed by atoms with Crippen LogP contribution >= 0.6 is 11.3 Å². The first-order chi connectivity index (χ1) is 9.75. The zero-order valence-corrected chi connectivity index (χ0v) is 12.0. The number of benzene rings is 1. The van der Waals surface area contributed by atoms with Gasteiger partial charge < -0.3 is 11.1 Å². The highest BCUT2D eigenvalue weighted by Gasteiger charge is 2.00. The molecule has 3 nitrogen and oxygen atoms in total. The third-order valence-electron chi connectivity index (χ3n) is 2.88. The van der Waals surface area contributed by atoms with Crippen LogP contribution in [0.1, 0.15) is 10.4 Å². The van der Waals surface area contributed by atoms with E-state index in [-0.39, 0.29) is 5.82 Å². The van der Waals surface area contributed by atoms with E-state index in [1.54, 1.807) is 23.5 Å². The predicted molar refractivity (Wildman–Crippen MR) is 82.6 cm³/mol. The van der Waals surface area contributed by atoms with Crippen molar-refractivity contribution in [2.75, 3.05) is 13.1 Å². The van der Waals surface area contributed by atoms with Gasteiger partial charge >= 0.3 is 0 Å². The van der Waals surface area contributed by atoms with Crippen molar-refractivity contribution >= 4 is 17.3 Å². The summed E-state index contributed by atoms with van der Waals surface area (Å²) < 4.78 is 13.4. The van der Waals surface area contributed by atoms with E-state index in [2.05, 4.69) is 21.8 Å². The lowest BCUT2D eigenvalue weighted by Crippen LogP contribution is -2.33. The van der Waals surface area contributed by atoms with E-state index in [9.17, 15) is 4.39 Å². The topological polar surface area (TPSA) is 50.4 Å². The normalized spacial score (nSPS) is 11.6. The van der Waals surface area contributed by atoms with Crippen molar-refractivity contribution in [3.63, 3.8) is 0 Å². The third kappa shape index (κ3) is 4.66. The molecular formula is C15H18FN3S. The minimum Gasteiger partial charge on any atom is -0.370 e. The van der Waals surface area contributed by atoms with Gasteiger partial charge in [-0.15, -0.1) is 11.3 Å². The van der Waals surface area contributed by atoms with Gasteiger partial charge in [0.05, 0.1) is 0 Å². The van der Waals surface area contributed by atoms with Gasteiger partial charge in [0, 0.05) is 24.4 Å². The summed E-state index contributed by atoms with van der Waals surface area (Å²) >= 11 is 1.72. The molecule has 0 unspecified atom stereocenters. The molecule has 0 bridgehead atoms. The number of nitrogens with one attached hydrogen (secondary N) is 1. The molecule has 0 saturated carbocycles. The number of halogens is 1. The average molecular weight is 291 g/mol. The standard InChI is InChI=1S/C15H18FN3S/c16-14-6-2-1-4-12(14)7-9-18-15(17)19-10-8-13-5-3-11-20-13/h1-6,11H,7-10H2,(H3,17,18,19). The molecule has 1 aromatic carbocycles. The lowest BCUT2D eigenvalue weighted by molar-refractivity contribution is 0.607. The molecule has 0 aliphatic heterocycles. The Labute approximate surface area is 122 Å². The first-order valence-corrected chi connectivity index (χ1v) is 7.43. The van der Waals surface area contributed by atoms with E-state index >= 15 is 0 Å². The Morgan fingerprint density at radius 1 is 1.20 bits per heavy atom. The molecule has 1 aromatic heterocycles. The molecule has 20 heavy (non-hydrogen) atoms. The lowest BCUT2D eigenvalue weighted by Gasteiger charge is -2.06. The summed E-state index contributed by atoms with van der Waals surface area (Å²) in [7, 11) is 0. The van der Waals surface area contributed by atoms with Crippen LogP contribution < -0.4 is 11.1 Å². The number of thiophene rings is 1. The van der Waals surface area contributed by atoms with E-state index in [0.29, 0.717) is 31.0 Å². The third-order valence-corrected chi connectivity index (χ3v) is 3.81. The number of nitrogens with zero attached hydrogens (tertiary/aromatic N) is 1. The zero-order valence-electron chi connectivity index (χ0n) is 11.2. The molecule has 0 spiro atoms. The Balaban J connectivity index is 1.69. The molecule has 0 atom stereocenters. The highest BCUT2D eigenvalue weighted by atomic mass is 32.1. The summed E-state index contributed by atoms with van der Waals surface area (Å²) in [6.07, 6.45) is 1.49. The largest absolute Gasteiger partial charge is 0.370 e. The van der Waals surface area contributed by atoms with Crippen LogP contribution in [-0.4, -0.2) is 19.0 Å². The van der Waals surface area contributed by atoms with Crippen molar-refractivity contribution in [2.45, 2.75) is 12.8 Å². The maximum atomic E-state index is 13.4. The van der Waals surface area contributed by atoms with Gasteiger partial charge in [-0.05, 0) is 29.5 Å². The van der Waals surface area contributed by atoms with Crippen molar-refractivity contribution in [1.29, 1.82) is 0 Å². The summed E-state index contributed by atoms with van der Waals surface area (Å²) in [5.41, 5.74) is 6.45. The van der Waals surface area contributed by atoms with Gasteiger partial charge in [0.15, 0.2) is 5.96 Å².